The Morgan fingerprint density at radius 1 is 1.24 bits per heavy atom. The number of nitrogens with zero attached hydrogens (tertiary/aromatic N) is 1. The van der Waals surface area contributed by atoms with Gasteiger partial charge in [-0.25, -0.2) is 9.78 Å². The summed E-state index contributed by atoms with van der Waals surface area (Å²) in [5, 5.41) is 3.05. The third-order valence-corrected chi connectivity index (χ3v) is 5.47. The average molecular weight is 411 g/mol. The third-order valence-electron chi connectivity index (χ3n) is 4.37. The van der Waals surface area contributed by atoms with Gasteiger partial charge in [-0.2, -0.15) is 0 Å². The van der Waals surface area contributed by atoms with E-state index in [2.05, 4.69) is 15.3 Å². The number of nitrogens with one attached hydrogen (secondary N) is 2. The topological polar surface area (TPSA) is 101 Å². The highest BCUT2D eigenvalue weighted by Gasteiger charge is 2.21. The fourth-order valence-corrected chi connectivity index (χ4v) is 3.83. The minimum Gasteiger partial charge on any atom is -0.450 e. The van der Waals surface area contributed by atoms with E-state index in [0.717, 1.165) is 16.0 Å². The average Bonchev–Trinajstić information content (AvgIpc) is 2.96. The van der Waals surface area contributed by atoms with Gasteiger partial charge in [0.1, 0.15) is 10.5 Å². The first-order chi connectivity index (χ1) is 13.8. The van der Waals surface area contributed by atoms with Crippen LogP contribution in [0, 0.1) is 13.8 Å². The lowest BCUT2D eigenvalue weighted by Crippen LogP contribution is -2.27. The summed E-state index contributed by atoms with van der Waals surface area (Å²) in [7, 11) is 0. The van der Waals surface area contributed by atoms with Gasteiger partial charge in [-0.1, -0.05) is 30.3 Å². The molecule has 29 heavy (non-hydrogen) atoms. The van der Waals surface area contributed by atoms with Crippen molar-refractivity contribution in [2.24, 2.45) is 0 Å². The van der Waals surface area contributed by atoms with Crippen molar-refractivity contribution in [2.45, 2.75) is 33.8 Å². The molecule has 0 unspecified atom stereocenters. The highest BCUT2D eigenvalue weighted by atomic mass is 32.1. The number of amides is 1. The van der Waals surface area contributed by atoms with E-state index in [0.29, 0.717) is 10.2 Å². The lowest BCUT2D eigenvalue weighted by molar-refractivity contribution is -0.145. The van der Waals surface area contributed by atoms with Gasteiger partial charge in [-0.05, 0) is 38.0 Å². The number of thiophene rings is 1. The molecule has 0 saturated carbocycles. The first-order valence-corrected chi connectivity index (χ1v) is 9.83. The lowest BCUT2D eigenvalue weighted by Gasteiger charge is -2.14. The summed E-state index contributed by atoms with van der Waals surface area (Å²) in [6.45, 7) is 6.73. The molecule has 0 aliphatic heterocycles. The number of carbonyl (C=O) groups is 2. The summed E-state index contributed by atoms with van der Waals surface area (Å²) in [5.74, 6) is -0.869. The molecule has 3 aromatic rings. The van der Waals surface area contributed by atoms with Crippen LogP contribution in [0.1, 0.15) is 41.8 Å². The van der Waals surface area contributed by atoms with Gasteiger partial charge in [0.2, 0.25) is 5.91 Å². The Hall–Kier alpha value is -3.26. The molecule has 1 atom stereocenters. The number of aromatic nitrogens is 2. The summed E-state index contributed by atoms with van der Waals surface area (Å²) >= 11 is 1.42. The zero-order chi connectivity index (χ0) is 21.1. The molecule has 0 saturated heterocycles. The SMILES string of the molecule is CC(=O)N/C(=C\c1ccccc1)C(=O)O[C@@H](C)c1nc2sc(C)c(C)c2c(=O)[nH]1. The molecule has 1 aromatic carbocycles. The maximum atomic E-state index is 12.7. The Morgan fingerprint density at radius 3 is 2.59 bits per heavy atom. The summed E-state index contributed by atoms with van der Waals surface area (Å²) in [4.78, 5) is 45.4. The van der Waals surface area contributed by atoms with E-state index in [1.165, 1.54) is 24.3 Å². The smallest absolute Gasteiger partial charge is 0.355 e. The molecule has 2 heterocycles. The Morgan fingerprint density at radius 2 is 1.93 bits per heavy atom. The van der Waals surface area contributed by atoms with E-state index < -0.39 is 18.0 Å². The Balaban J connectivity index is 1.88. The molecule has 3 rings (SSSR count). The van der Waals surface area contributed by atoms with Gasteiger partial charge in [0, 0.05) is 11.8 Å². The molecule has 8 heteroatoms. The number of fused-ring (bicyclic) bond motifs is 1. The van der Waals surface area contributed by atoms with Gasteiger partial charge >= 0.3 is 5.97 Å². The van der Waals surface area contributed by atoms with E-state index in [-0.39, 0.29) is 17.1 Å². The fourth-order valence-electron chi connectivity index (χ4n) is 2.80. The van der Waals surface area contributed by atoms with Crippen LogP contribution < -0.4 is 10.9 Å². The van der Waals surface area contributed by atoms with Crippen LogP contribution in [0.2, 0.25) is 0 Å². The van der Waals surface area contributed by atoms with Crippen LogP contribution in [0.15, 0.2) is 40.8 Å². The molecule has 0 spiro atoms. The van der Waals surface area contributed by atoms with Crippen LogP contribution in [-0.4, -0.2) is 21.8 Å². The van der Waals surface area contributed by atoms with Gasteiger partial charge in [0.15, 0.2) is 11.9 Å². The largest absolute Gasteiger partial charge is 0.450 e. The Kier molecular flexibility index (Phi) is 5.93. The van der Waals surface area contributed by atoms with E-state index in [9.17, 15) is 14.4 Å². The summed E-state index contributed by atoms with van der Waals surface area (Å²) in [6.07, 6.45) is 0.720. The molecule has 1 amide bonds. The van der Waals surface area contributed by atoms with E-state index in [4.69, 9.17) is 4.74 Å². The molecule has 0 fully saturated rings. The normalized spacial score (nSPS) is 12.6. The van der Waals surface area contributed by atoms with Crippen molar-refractivity contribution in [1.29, 1.82) is 0 Å². The van der Waals surface area contributed by atoms with Gasteiger partial charge in [0.25, 0.3) is 5.56 Å². The van der Waals surface area contributed by atoms with Gasteiger partial charge in [-0.3, -0.25) is 9.59 Å². The van der Waals surface area contributed by atoms with Gasteiger partial charge in [0.05, 0.1) is 5.39 Å². The number of aromatic amines is 1. The van der Waals surface area contributed by atoms with E-state index in [1.807, 2.05) is 32.0 Å². The van der Waals surface area contributed by atoms with Crippen molar-refractivity contribution in [3.63, 3.8) is 0 Å². The molecule has 150 valence electrons. The van der Waals surface area contributed by atoms with Crippen molar-refractivity contribution in [3.05, 3.63) is 68.2 Å². The lowest BCUT2D eigenvalue weighted by atomic mass is 10.2. The van der Waals surface area contributed by atoms with Crippen molar-refractivity contribution < 1.29 is 14.3 Å². The zero-order valence-electron chi connectivity index (χ0n) is 16.5. The maximum absolute atomic E-state index is 12.7. The number of H-pyrrole nitrogens is 1. The molecule has 0 bridgehead atoms. The van der Waals surface area contributed by atoms with Crippen molar-refractivity contribution in [3.8, 4) is 0 Å². The molecular weight excluding hydrogens is 390 g/mol. The first-order valence-electron chi connectivity index (χ1n) is 9.01. The standard InChI is InChI=1S/C21H21N3O4S/c1-11-13(3)29-20-17(11)19(26)23-18(24-20)12(2)28-21(27)16(22-14(4)25)10-15-8-6-5-7-9-15/h5-10,12H,1-4H3,(H,22,25)(H,23,24,26)/b16-10-/t12-/m0/s1. The molecule has 0 aliphatic carbocycles. The number of hydrogen-bond acceptors (Lipinski definition) is 6. The second-order valence-electron chi connectivity index (χ2n) is 6.61. The predicted octanol–water partition coefficient (Wildman–Crippen LogP) is 3.38. The van der Waals surface area contributed by atoms with Crippen LogP contribution >= 0.6 is 11.3 Å². The van der Waals surface area contributed by atoms with Crippen molar-refractivity contribution >= 4 is 39.5 Å². The number of rotatable bonds is 5. The monoisotopic (exact) mass is 411 g/mol. The highest BCUT2D eigenvalue weighted by molar-refractivity contribution is 7.18. The predicted molar refractivity (Wildman–Crippen MR) is 112 cm³/mol. The molecule has 2 N–H and O–H groups in total. The summed E-state index contributed by atoms with van der Waals surface area (Å²) in [5.41, 5.74) is 1.37. The molecular formula is C21H21N3O4S. The molecule has 0 radical (unpaired) electrons. The number of benzene rings is 1. The van der Waals surface area contributed by atoms with Crippen LogP contribution in [0.3, 0.4) is 0 Å². The zero-order valence-corrected chi connectivity index (χ0v) is 17.3. The van der Waals surface area contributed by atoms with Crippen LogP contribution in [0.5, 0.6) is 0 Å². The number of ether oxygens (including phenoxy) is 1. The first kappa shape index (κ1) is 20.5. The quantitative estimate of drug-likeness (QED) is 0.495. The Bertz CT molecular complexity index is 1160. The van der Waals surface area contributed by atoms with E-state index in [1.54, 1.807) is 19.1 Å². The number of carbonyl (C=O) groups excluding carboxylic acids is 2. The minimum atomic E-state index is -0.810. The number of hydrogen-bond donors (Lipinski definition) is 2. The second kappa shape index (κ2) is 8.40. The van der Waals surface area contributed by atoms with Gasteiger partial charge in [-0.15, -0.1) is 11.3 Å². The van der Waals surface area contributed by atoms with Crippen molar-refractivity contribution in [2.75, 3.05) is 0 Å². The van der Waals surface area contributed by atoms with Crippen molar-refractivity contribution in [1.82, 2.24) is 15.3 Å². The molecule has 7 nitrogen and oxygen atoms in total. The third kappa shape index (κ3) is 4.60. The number of esters is 1. The highest BCUT2D eigenvalue weighted by Crippen LogP contribution is 2.27. The molecule has 2 aromatic heterocycles. The van der Waals surface area contributed by atoms with E-state index >= 15 is 0 Å². The number of aryl methyl sites for hydroxylation is 2. The van der Waals surface area contributed by atoms with Crippen LogP contribution in [0.4, 0.5) is 0 Å². The van der Waals surface area contributed by atoms with Gasteiger partial charge < -0.3 is 15.0 Å². The second-order valence-corrected chi connectivity index (χ2v) is 7.82. The maximum Gasteiger partial charge on any atom is 0.355 e. The fraction of sp³-hybridized carbons (Fsp3) is 0.238. The Labute approximate surface area is 171 Å². The van der Waals surface area contributed by atoms with Crippen LogP contribution in [0.25, 0.3) is 16.3 Å². The summed E-state index contributed by atoms with van der Waals surface area (Å²) in [6, 6.07) is 9.09. The minimum absolute atomic E-state index is 0.00166. The van der Waals surface area contributed by atoms with Crippen LogP contribution in [-0.2, 0) is 14.3 Å². The molecule has 0 aliphatic rings. The summed E-state index contributed by atoms with van der Waals surface area (Å²) < 4.78 is 5.46.